The summed E-state index contributed by atoms with van der Waals surface area (Å²) >= 11 is 11.4. The molecule has 0 saturated heterocycles. The molecule has 0 radical (unpaired) electrons. The maximum absolute atomic E-state index is 5.71. The third kappa shape index (κ3) is 1.51. The molecule has 3 heteroatoms. The van der Waals surface area contributed by atoms with E-state index >= 15 is 0 Å². The van der Waals surface area contributed by atoms with E-state index in [1.165, 1.54) is 11.1 Å². The van der Waals surface area contributed by atoms with Gasteiger partial charge in [-0.2, -0.15) is 0 Å². The van der Waals surface area contributed by atoms with Crippen molar-refractivity contribution in [1.29, 1.82) is 0 Å². The molecule has 1 aromatic rings. The van der Waals surface area contributed by atoms with Crippen LogP contribution in [0.4, 0.5) is 0 Å². The first-order valence-corrected chi connectivity index (χ1v) is 4.05. The van der Waals surface area contributed by atoms with E-state index in [9.17, 15) is 0 Å². The second kappa shape index (κ2) is 3.02. The molecule has 60 valence electrons. The fourth-order valence-corrected chi connectivity index (χ4v) is 1.58. The highest BCUT2D eigenvalue weighted by atomic mass is 35.5. The first kappa shape index (κ1) is 8.85. The zero-order valence-electron chi connectivity index (χ0n) is 5.98. The maximum atomic E-state index is 5.71. The maximum Gasteiger partial charge on any atom is 0.133 e. The summed E-state index contributed by atoms with van der Waals surface area (Å²) in [7, 11) is 0. The number of benzene rings is 1. The molecule has 0 atom stereocenters. The van der Waals surface area contributed by atoms with Gasteiger partial charge >= 0.3 is 0 Å². The Hall–Kier alpha value is -0.240. The quantitative estimate of drug-likeness (QED) is 0.688. The highest BCUT2D eigenvalue weighted by Crippen LogP contribution is 2.38. The Morgan fingerprint density at radius 1 is 1.27 bits per heavy atom. The third-order valence-electron chi connectivity index (χ3n) is 1.79. The lowest BCUT2D eigenvalue weighted by molar-refractivity contribution is 1.34. The van der Waals surface area contributed by atoms with Crippen molar-refractivity contribution in [2.75, 3.05) is 0 Å². The van der Waals surface area contributed by atoms with Crippen molar-refractivity contribution in [3.05, 3.63) is 34.9 Å². The lowest BCUT2D eigenvalue weighted by atomic mass is 10.2. The van der Waals surface area contributed by atoms with E-state index in [0.717, 1.165) is 12.0 Å². The predicted molar refractivity (Wildman–Crippen MR) is 48.7 cm³/mol. The van der Waals surface area contributed by atoms with Crippen LogP contribution in [0.3, 0.4) is 0 Å². The average molecular weight is 190 g/mol. The Kier molecular flexibility index (Phi) is 2.43. The van der Waals surface area contributed by atoms with Crippen molar-refractivity contribution in [2.24, 2.45) is 0 Å². The first-order chi connectivity index (χ1) is 4.79. The lowest BCUT2D eigenvalue weighted by Crippen LogP contribution is -1.78. The molecule has 0 bridgehead atoms. The monoisotopic (exact) mass is 189 g/mol. The zero-order valence-corrected chi connectivity index (χ0v) is 7.49. The Labute approximate surface area is 75.9 Å². The predicted octanol–water partition coefficient (Wildman–Crippen LogP) is 3.23. The Balaban J connectivity index is 0.000000605. The van der Waals surface area contributed by atoms with E-state index < -0.39 is 0 Å². The van der Waals surface area contributed by atoms with Crippen LogP contribution in [0.15, 0.2) is 18.2 Å². The summed E-state index contributed by atoms with van der Waals surface area (Å²) in [5.74, 6) is 0. The standard InChI is InChI=1S/C8H6Cl2.H3N/c9-8(10)6-3-1-2-5-4-7(5)6;/h1-3,8H,4H2;1H3. The van der Waals surface area contributed by atoms with Crippen LogP contribution in [0.5, 0.6) is 0 Å². The summed E-state index contributed by atoms with van der Waals surface area (Å²) in [6.07, 6.45) is 1.08. The molecule has 0 heterocycles. The van der Waals surface area contributed by atoms with E-state index in [2.05, 4.69) is 6.07 Å². The summed E-state index contributed by atoms with van der Waals surface area (Å²) in [5.41, 5.74) is 3.82. The average Bonchev–Trinajstić information content (AvgIpc) is 2.63. The van der Waals surface area contributed by atoms with Crippen LogP contribution in [0.25, 0.3) is 0 Å². The van der Waals surface area contributed by atoms with Gasteiger partial charge in [-0.15, -0.1) is 23.2 Å². The van der Waals surface area contributed by atoms with Crippen molar-refractivity contribution in [3.63, 3.8) is 0 Å². The fourth-order valence-electron chi connectivity index (χ4n) is 1.17. The van der Waals surface area contributed by atoms with E-state index in [1.54, 1.807) is 0 Å². The molecule has 0 fully saturated rings. The van der Waals surface area contributed by atoms with Gasteiger partial charge in [0.05, 0.1) is 0 Å². The van der Waals surface area contributed by atoms with Crippen LogP contribution in [-0.2, 0) is 6.42 Å². The third-order valence-corrected chi connectivity index (χ3v) is 2.26. The number of halogens is 2. The van der Waals surface area contributed by atoms with Crippen molar-refractivity contribution in [3.8, 4) is 0 Å². The number of hydrogen-bond donors (Lipinski definition) is 1. The smallest absolute Gasteiger partial charge is 0.133 e. The zero-order chi connectivity index (χ0) is 7.14. The Bertz CT molecular complexity index is 271. The highest BCUT2D eigenvalue weighted by Gasteiger charge is 2.22. The summed E-state index contributed by atoms with van der Waals surface area (Å²) < 4.78 is 0. The number of fused-ring (bicyclic) bond motifs is 1. The molecule has 0 saturated carbocycles. The minimum atomic E-state index is -0.350. The molecule has 0 aliphatic heterocycles. The minimum Gasteiger partial charge on any atom is -0.344 e. The van der Waals surface area contributed by atoms with Gasteiger partial charge in [-0.25, -0.2) is 0 Å². The van der Waals surface area contributed by atoms with E-state index in [4.69, 9.17) is 23.2 Å². The lowest BCUT2D eigenvalue weighted by Gasteiger charge is -1.97. The van der Waals surface area contributed by atoms with Crippen molar-refractivity contribution in [2.45, 2.75) is 11.3 Å². The van der Waals surface area contributed by atoms with Gasteiger partial charge in [-0.3, -0.25) is 0 Å². The molecule has 0 aromatic heterocycles. The molecule has 1 aliphatic rings. The summed E-state index contributed by atoms with van der Waals surface area (Å²) in [4.78, 5) is -0.350. The molecule has 0 spiro atoms. The van der Waals surface area contributed by atoms with Crippen LogP contribution in [0.1, 0.15) is 21.5 Å². The van der Waals surface area contributed by atoms with Gasteiger partial charge < -0.3 is 6.15 Å². The molecule has 11 heavy (non-hydrogen) atoms. The van der Waals surface area contributed by atoms with Gasteiger partial charge in [0.25, 0.3) is 0 Å². The Morgan fingerprint density at radius 3 is 2.55 bits per heavy atom. The molecular formula is C8H9Cl2N. The van der Waals surface area contributed by atoms with Gasteiger partial charge in [-0.05, 0) is 23.1 Å². The summed E-state index contributed by atoms with van der Waals surface area (Å²) in [6.45, 7) is 0. The summed E-state index contributed by atoms with van der Waals surface area (Å²) in [5, 5.41) is 0. The van der Waals surface area contributed by atoms with Crippen molar-refractivity contribution >= 4 is 23.2 Å². The molecular weight excluding hydrogens is 181 g/mol. The SMILES string of the molecule is ClC(Cl)c1cccc2c1C2.N. The number of hydrogen-bond acceptors (Lipinski definition) is 1. The minimum absolute atomic E-state index is 0. The van der Waals surface area contributed by atoms with E-state index in [1.807, 2.05) is 12.1 Å². The number of alkyl halides is 2. The molecule has 3 N–H and O–H groups in total. The molecule has 2 rings (SSSR count). The Morgan fingerprint density at radius 2 is 2.00 bits per heavy atom. The topological polar surface area (TPSA) is 35.0 Å². The molecule has 1 aliphatic carbocycles. The summed E-state index contributed by atoms with van der Waals surface area (Å²) in [6, 6.07) is 6.09. The normalized spacial score (nSPS) is 12.3. The number of rotatable bonds is 1. The highest BCUT2D eigenvalue weighted by molar-refractivity contribution is 6.44. The fraction of sp³-hybridized carbons (Fsp3) is 0.250. The van der Waals surface area contributed by atoms with Crippen LogP contribution >= 0.6 is 23.2 Å². The van der Waals surface area contributed by atoms with Crippen LogP contribution in [0, 0.1) is 0 Å². The molecule has 1 nitrogen and oxygen atoms in total. The van der Waals surface area contributed by atoms with Crippen LogP contribution in [0.2, 0.25) is 0 Å². The van der Waals surface area contributed by atoms with Crippen LogP contribution < -0.4 is 6.15 Å². The first-order valence-electron chi connectivity index (χ1n) is 3.18. The van der Waals surface area contributed by atoms with Gasteiger partial charge in [0.2, 0.25) is 0 Å². The van der Waals surface area contributed by atoms with E-state index in [-0.39, 0.29) is 11.0 Å². The van der Waals surface area contributed by atoms with Crippen LogP contribution in [-0.4, -0.2) is 0 Å². The largest absolute Gasteiger partial charge is 0.344 e. The van der Waals surface area contributed by atoms with Crippen molar-refractivity contribution in [1.82, 2.24) is 6.15 Å². The molecule has 0 amide bonds. The second-order valence-electron chi connectivity index (χ2n) is 2.46. The van der Waals surface area contributed by atoms with Gasteiger partial charge in [-0.1, -0.05) is 18.2 Å². The second-order valence-corrected chi connectivity index (χ2v) is 3.56. The molecule has 1 aromatic carbocycles. The molecule has 0 unspecified atom stereocenters. The van der Waals surface area contributed by atoms with Gasteiger partial charge in [0.1, 0.15) is 4.84 Å². The van der Waals surface area contributed by atoms with Crippen molar-refractivity contribution < 1.29 is 0 Å². The van der Waals surface area contributed by atoms with Gasteiger partial charge in [0, 0.05) is 0 Å². The van der Waals surface area contributed by atoms with Gasteiger partial charge in [0.15, 0.2) is 0 Å². The van der Waals surface area contributed by atoms with E-state index in [0.29, 0.717) is 0 Å².